The van der Waals surface area contributed by atoms with Gasteiger partial charge in [-0.2, -0.15) is 0 Å². The third-order valence-corrected chi connectivity index (χ3v) is 7.02. The molecule has 0 aliphatic heterocycles. The van der Waals surface area contributed by atoms with E-state index in [2.05, 4.69) is 35.3 Å². The second-order valence-corrected chi connectivity index (χ2v) is 10.6. The minimum atomic E-state index is -0.874. The zero-order valence-corrected chi connectivity index (χ0v) is 19.4. The first-order chi connectivity index (χ1) is 15.6. The average Bonchev–Trinajstić information content (AvgIpc) is 3.37. The van der Waals surface area contributed by atoms with Crippen LogP contribution in [0.1, 0.15) is 65.9 Å². The van der Waals surface area contributed by atoms with Crippen LogP contribution in [0, 0.1) is 0 Å². The molecule has 6 N–H and O–H groups in total. The number of aromatic carboxylic acids is 1. The largest absolute Gasteiger partial charge is 0.478 e. The van der Waals surface area contributed by atoms with Crippen LogP contribution in [-0.4, -0.2) is 32.1 Å². The van der Waals surface area contributed by atoms with Crippen LogP contribution in [0.4, 0.5) is 0 Å². The summed E-state index contributed by atoms with van der Waals surface area (Å²) in [5.74, 6) is -0.874. The minimum Gasteiger partial charge on any atom is -0.478 e. The Balaban J connectivity index is 1.48. The smallest absolute Gasteiger partial charge is 0.337 e. The van der Waals surface area contributed by atoms with E-state index in [9.17, 15) is 9.90 Å². The number of carboxylic acid groups (broad SMARTS) is 1. The van der Waals surface area contributed by atoms with Crippen molar-refractivity contribution in [1.82, 2.24) is 9.97 Å². The molecule has 6 heteroatoms. The van der Waals surface area contributed by atoms with E-state index >= 15 is 0 Å². The summed E-state index contributed by atoms with van der Waals surface area (Å²) in [7, 11) is 0. The maximum absolute atomic E-state index is 12.1. The summed E-state index contributed by atoms with van der Waals surface area (Å²) < 4.78 is 0. The number of pyridine rings is 1. The standard InChI is InChI=1S/C27H32N4O2/c1-26(2,28)10-9-16-3-5-17(6-4-16)21-13-20-18(15-30-21)7-8-19-23(25(32)33)22(31-24(19)20)14-27(29)11-12-27/h3-6,13,15,31H,7-12,14,28-29H2,1-2H3,(H,32,33). The molecule has 0 bridgehead atoms. The molecule has 33 heavy (non-hydrogen) atoms. The highest BCUT2D eigenvalue weighted by molar-refractivity contribution is 5.95. The van der Waals surface area contributed by atoms with Crippen LogP contribution < -0.4 is 11.5 Å². The molecule has 2 heterocycles. The fourth-order valence-corrected chi connectivity index (χ4v) is 4.80. The molecule has 1 fully saturated rings. The third kappa shape index (κ3) is 4.45. The van der Waals surface area contributed by atoms with Gasteiger partial charge in [-0.15, -0.1) is 0 Å². The van der Waals surface area contributed by atoms with Crippen molar-refractivity contribution in [3.8, 4) is 22.5 Å². The molecule has 1 aromatic carbocycles. The van der Waals surface area contributed by atoms with E-state index in [1.54, 1.807) is 0 Å². The highest BCUT2D eigenvalue weighted by Crippen LogP contribution is 2.41. The lowest BCUT2D eigenvalue weighted by atomic mass is 9.88. The van der Waals surface area contributed by atoms with Crippen LogP contribution in [-0.2, 0) is 25.7 Å². The molecule has 2 aliphatic rings. The summed E-state index contributed by atoms with van der Waals surface area (Å²) in [4.78, 5) is 20.3. The third-order valence-electron chi connectivity index (χ3n) is 7.02. The lowest BCUT2D eigenvalue weighted by Gasteiger charge is -2.18. The number of aromatic amines is 1. The fourth-order valence-electron chi connectivity index (χ4n) is 4.80. The number of aryl methyl sites for hydroxylation is 2. The van der Waals surface area contributed by atoms with Gasteiger partial charge in [0.25, 0.3) is 0 Å². The number of carboxylic acids is 1. The number of aromatic nitrogens is 2. The molecule has 3 aromatic rings. The molecule has 0 saturated heterocycles. The molecule has 1 saturated carbocycles. The van der Waals surface area contributed by atoms with Gasteiger partial charge in [0.2, 0.25) is 0 Å². The molecule has 0 unspecified atom stereocenters. The van der Waals surface area contributed by atoms with Gasteiger partial charge in [0, 0.05) is 40.5 Å². The Kier molecular flexibility index (Phi) is 5.18. The fraction of sp³-hybridized carbons (Fsp3) is 0.407. The van der Waals surface area contributed by atoms with Crippen molar-refractivity contribution in [3.63, 3.8) is 0 Å². The van der Waals surface area contributed by atoms with E-state index in [0.29, 0.717) is 18.4 Å². The van der Waals surface area contributed by atoms with E-state index in [0.717, 1.165) is 71.4 Å². The van der Waals surface area contributed by atoms with Crippen LogP contribution in [0.2, 0.25) is 0 Å². The molecular formula is C27H32N4O2. The van der Waals surface area contributed by atoms with Gasteiger partial charge in [-0.3, -0.25) is 4.98 Å². The molecule has 0 spiro atoms. The van der Waals surface area contributed by atoms with E-state index in [4.69, 9.17) is 16.5 Å². The van der Waals surface area contributed by atoms with Gasteiger partial charge in [0.05, 0.1) is 17.0 Å². The molecule has 172 valence electrons. The van der Waals surface area contributed by atoms with Crippen LogP contribution >= 0.6 is 0 Å². The van der Waals surface area contributed by atoms with Crippen molar-refractivity contribution in [3.05, 3.63) is 64.5 Å². The summed E-state index contributed by atoms with van der Waals surface area (Å²) >= 11 is 0. The molecule has 0 radical (unpaired) electrons. The predicted octanol–water partition coefficient (Wildman–Crippen LogP) is 4.24. The first-order valence-electron chi connectivity index (χ1n) is 11.8. The molecule has 6 nitrogen and oxygen atoms in total. The van der Waals surface area contributed by atoms with Crippen molar-refractivity contribution < 1.29 is 9.90 Å². The Morgan fingerprint density at radius 1 is 1.21 bits per heavy atom. The SMILES string of the molecule is CC(C)(N)CCc1ccc(-c2cc3c(cn2)CCc2c-3[nH]c(CC3(N)CC3)c2C(=O)O)cc1. The highest BCUT2D eigenvalue weighted by atomic mass is 16.4. The number of nitrogens with zero attached hydrogens (tertiary/aromatic N) is 1. The second-order valence-electron chi connectivity index (χ2n) is 10.6. The first-order valence-corrected chi connectivity index (χ1v) is 11.8. The highest BCUT2D eigenvalue weighted by Gasteiger charge is 2.40. The first kappa shape index (κ1) is 21.9. The Morgan fingerprint density at radius 2 is 1.94 bits per heavy atom. The molecule has 2 aliphatic carbocycles. The summed E-state index contributed by atoms with van der Waals surface area (Å²) in [5.41, 5.74) is 20.4. The summed E-state index contributed by atoms with van der Waals surface area (Å²) in [6.07, 6.45) is 7.76. The van der Waals surface area contributed by atoms with Crippen molar-refractivity contribution in [1.29, 1.82) is 0 Å². The van der Waals surface area contributed by atoms with Crippen LogP contribution in [0.3, 0.4) is 0 Å². The van der Waals surface area contributed by atoms with Crippen molar-refractivity contribution in [2.75, 3.05) is 0 Å². The lowest BCUT2D eigenvalue weighted by molar-refractivity contribution is 0.0694. The molecule has 5 rings (SSSR count). The molecule has 2 aromatic heterocycles. The number of nitrogens with two attached hydrogens (primary N) is 2. The van der Waals surface area contributed by atoms with Gasteiger partial charge in [-0.05, 0) is 75.1 Å². The number of nitrogens with one attached hydrogen (secondary N) is 1. The monoisotopic (exact) mass is 444 g/mol. The maximum Gasteiger partial charge on any atom is 0.337 e. The Morgan fingerprint density at radius 3 is 2.58 bits per heavy atom. The predicted molar refractivity (Wildman–Crippen MR) is 130 cm³/mol. The van der Waals surface area contributed by atoms with Crippen molar-refractivity contribution in [2.24, 2.45) is 11.5 Å². The zero-order valence-electron chi connectivity index (χ0n) is 19.4. The van der Waals surface area contributed by atoms with E-state index in [-0.39, 0.29) is 11.1 Å². The number of rotatable bonds is 7. The molecule has 0 atom stereocenters. The van der Waals surface area contributed by atoms with Gasteiger partial charge < -0.3 is 21.6 Å². The van der Waals surface area contributed by atoms with Gasteiger partial charge in [0.1, 0.15) is 0 Å². The van der Waals surface area contributed by atoms with E-state index < -0.39 is 5.97 Å². The second kappa shape index (κ2) is 7.82. The quantitative estimate of drug-likeness (QED) is 0.435. The number of hydrogen-bond acceptors (Lipinski definition) is 4. The van der Waals surface area contributed by atoms with Gasteiger partial charge >= 0.3 is 5.97 Å². The lowest BCUT2D eigenvalue weighted by Crippen LogP contribution is -2.32. The number of hydrogen-bond donors (Lipinski definition) is 4. The van der Waals surface area contributed by atoms with Crippen LogP contribution in [0.5, 0.6) is 0 Å². The van der Waals surface area contributed by atoms with Gasteiger partial charge in [-0.25, -0.2) is 4.79 Å². The minimum absolute atomic E-state index is 0.177. The van der Waals surface area contributed by atoms with Crippen molar-refractivity contribution >= 4 is 5.97 Å². The normalized spacial score (nSPS) is 16.2. The van der Waals surface area contributed by atoms with E-state index in [1.165, 1.54) is 5.56 Å². The topological polar surface area (TPSA) is 118 Å². The number of H-pyrrole nitrogens is 1. The number of benzene rings is 1. The Hall–Kier alpha value is -2.96. The van der Waals surface area contributed by atoms with E-state index in [1.807, 2.05) is 20.0 Å². The summed E-state index contributed by atoms with van der Waals surface area (Å²) in [6, 6.07) is 10.6. The zero-order chi connectivity index (χ0) is 23.4. The van der Waals surface area contributed by atoms with Gasteiger partial charge in [0.15, 0.2) is 0 Å². The Labute approximate surface area is 194 Å². The van der Waals surface area contributed by atoms with Crippen LogP contribution in [0.15, 0.2) is 36.5 Å². The van der Waals surface area contributed by atoms with Crippen LogP contribution in [0.25, 0.3) is 22.5 Å². The number of fused-ring (bicyclic) bond motifs is 3. The molecule has 0 amide bonds. The Bertz CT molecular complexity index is 1210. The molecular weight excluding hydrogens is 412 g/mol. The number of carbonyl (C=O) groups is 1. The summed E-state index contributed by atoms with van der Waals surface area (Å²) in [5, 5.41) is 9.95. The average molecular weight is 445 g/mol. The van der Waals surface area contributed by atoms with Crippen molar-refractivity contribution in [2.45, 2.75) is 69.9 Å². The summed E-state index contributed by atoms with van der Waals surface area (Å²) in [6.45, 7) is 4.10. The van der Waals surface area contributed by atoms with Gasteiger partial charge in [-0.1, -0.05) is 24.3 Å². The maximum atomic E-state index is 12.1.